The third-order valence-corrected chi connectivity index (χ3v) is 6.28. The summed E-state index contributed by atoms with van der Waals surface area (Å²) in [6.07, 6.45) is 1.69. The lowest BCUT2D eigenvalue weighted by Gasteiger charge is -2.12. The molecule has 0 radical (unpaired) electrons. The first-order valence-corrected chi connectivity index (χ1v) is 11.8. The summed E-state index contributed by atoms with van der Waals surface area (Å²) in [5.41, 5.74) is 5.83. The molecule has 1 aromatic heterocycles. The number of aromatic nitrogens is 2. The molecular weight excluding hydrogens is 461 g/mol. The Balaban J connectivity index is 1.97. The Morgan fingerprint density at radius 3 is 2.46 bits per heavy atom. The Morgan fingerprint density at radius 1 is 1.11 bits per heavy atom. The molecule has 0 spiro atoms. The molecule has 4 rings (SSSR count). The number of hydrazine groups is 1. The van der Waals surface area contributed by atoms with E-state index in [1.54, 1.807) is 10.8 Å². The molecular formula is C27H27FN5OS+. The van der Waals surface area contributed by atoms with Crippen LogP contribution in [0.5, 0.6) is 0 Å². The summed E-state index contributed by atoms with van der Waals surface area (Å²) in [6, 6.07) is 21.1. The minimum Gasteiger partial charge on any atom is -0.325 e. The Bertz CT molecular complexity index is 1410. The Morgan fingerprint density at radius 2 is 1.83 bits per heavy atom. The number of benzene rings is 3. The molecule has 178 valence electrons. The molecule has 0 fully saturated rings. The van der Waals surface area contributed by atoms with E-state index < -0.39 is 6.17 Å². The molecule has 0 aliphatic rings. The highest BCUT2D eigenvalue weighted by Gasteiger charge is 2.24. The van der Waals surface area contributed by atoms with Crippen molar-refractivity contribution in [1.29, 1.82) is 5.41 Å². The summed E-state index contributed by atoms with van der Waals surface area (Å²) in [6.45, 7) is 5.27. The fourth-order valence-electron chi connectivity index (χ4n) is 3.91. The Hall–Kier alpha value is -3.75. The van der Waals surface area contributed by atoms with E-state index >= 15 is 0 Å². The van der Waals surface area contributed by atoms with Crippen molar-refractivity contribution in [2.75, 3.05) is 0 Å². The van der Waals surface area contributed by atoms with Crippen LogP contribution in [-0.2, 0) is 0 Å². The lowest BCUT2D eigenvalue weighted by molar-refractivity contribution is -0.449. The van der Waals surface area contributed by atoms with Gasteiger partial charge in [0.2, 0.25) is 0 Å². The maximum atomic E-state index is 14.0. The summed E-state index contributed by atoms with van der Waals surface area (Å²) < 4.78 is 26.8. The van der Waals surface area contributed by atoms with Crippen LogP contribution in [-0.4, -0.2) is 30.7 Å². The van der Waals surface area contributed by atoms with E-state index in [0.29, 0.717) is 40.6 Å². The van der Waals surface area contributed by atoms with E-state index in [-0.39, 0.29) is 0 Å². The second kappa shape index (κ2) is 10.2. The van der Waals surface area contributed by atoms with E-state index in [4.69, 9.17) is 11.3 Å². The van der Waals surface area contributed by atoms with E-state index in [0.717, 1.165) is 27.1 Å². The van der Waals surface area contributed by atoms with E-state index in [9.17, 15) is 8.94 Å². The van der Waals surface area contributed by atoms with Gasteiger partial charge < -0.3 is 9.96 Å². The second-order valence-electron chi connectivity index (χ2n) is 8.29. The molecule has 4 N–H and O–H groups in total. The van der Waals surface area contributed by atoms with Crippen LogP contribution in [0.4, 0.5) is 10.1 Å². The van der Waals surface area contributed by atoms with Gasteiger partial charge in [-0.25, -0.2) is 15.2 Å². The van der Waals surface area contributed by atoms with Gasteiger partial charge in [0.1, 0.15) is 17.7 Å². The number of alkyl halides is 1. The normalized spacial score (nSPS) is 12.8. The Labute approximate surface area is 208 Å². The Kier molecular flexibility index (Phi) is 7.14. The van der Waals surface area contributed by atoms with Crippen LogP contribution in [0.1, 0.15) is 35.7 Å². The highest BCUT2D eigenvalue weighted by atomic mass is 32.2. The molecule has 0 saturated carbocycles. The zero-order chi connectivity index (χ0) is 25.1. The van der Waals surface area contributed by atoms with Crippen LogP contribution in [0.25, 0.3) is 16.8 Å². The minimum atomic E-state index is -1.21. The summed E-state index contributed by atoms with van der Waals surface area (Å²) in [7, 11) is 0. The number of imidazole rings is 1. The van der Waals surface area contributed by atoms with Gasteiger partial charge in [-0.15, -0.1) is 0 Å². The maximum Gasteiger partial charge on any atom is 0.260 e. The molecule has 6 nitrogen and oxygen atoms in total. The summed E-state index contributed by atoms with van der Waals surface area (Å²) in [4.78, 5) is 5.09. The molecule has 1 atom stereocenters. The number of nitrogens with one attached hydrogen (secondary N) is 1. The van der Waals surface area contributed by atoms with Crippen molar-refractivity contribution < 1.29 is 13.6 Å². The fraction of sp³-hybridized carbons (Fsp3) is 0.148. The second-order valence-corrected chi connectivity index (χ2v) is 8.94. The third kappa shape index (κ3) is 5.03. The monoisotopic (exact) mass is 488 g/mol. The van der Waals surface area contributed by atoms with Crippen molar-refractivity contribution >= 4 is 29.7 Å². The highest BCUT2D eigenvalue weighted by molar-refractivity contribution is 7.93. The van der Waals surface area contributed by atoms with Crippen LogP contribution in [0.2, 0.25) is 0 Å². The molecule has 4 aromatic rings. The molecule has 1 heterocycles. The van der Waals surface area contributed by atoms with Crippen molar-refractivity contribution in [3.63, 3.8) is 0 Å². The number of rotatable bonds is 7. The van der Waals surface area contributed by atoms with Gasteiger partial charge in [-0.05, 0) is 62.2 Å². The van der Waals surface area contributed by atoms with Crippen molar-refractivity contribution in [2.45, 2.75) is 31.8 Å². The third-order valence-electron chi connectivity index (χ3n) is 5.82. The molecule has 0 bridgehead atoms. The molecule has 0 amide bonds. The summed E-state index contributed by atoms with van der Waals surface area (Å²) in [5.74, 6) is 7.29. The average molecular weight is 489 g/mol. The number of hydrazone groups is 1. The lowest BCUT2D eigenvalue weighted by Crippen LogP contribution is -2.26. The topological polar surface area (TPSA) is 90.9 Å². The summed E-state index contributed by atoms with van der Waals surface area (Å²) in [5, 5.41) is 8.10. The van der Waals surface area contributed by atoms with Gasteiger partial charge in [0, 0.05) is 29.2 Å². The number of halogens is 1. The van der Waals surface area contributed by atoms with Crippen LogP contribution in [0.15, 0.2) is 77.8 Å². The first-order chi connectivity index (χ1) is 16.8. The van der Waals surface area contributed by atoms with Gasteiger partial charge in [-0.1, -0.05) is 40.6 Å². The van der Waals surface area contributed by atoms with Crippen LogP contribution < -0.4 is 5.84 Å². The van der Waals surface area contributed by atoms with E-state index in [1.165, 1.54) is 17.8 Å². The maximum absolute atomic E-state index is 14.0. The fourth-order valence-corrected chi connectivity index (χ4v) is 4.23. The standard InChI is InChI=1S/C27H26FN5OS/c1-17-7-9-20(10-8-17)27(15-29)33(30)26-14-22(21-5-4-6-23(13-21)35-34)11-12-25(26)32-16-24(18(2)28)31-19(32)3/h4-16,18,29H,30H2,1-3H3/p+1. The van der Waals surface area contributed by atoms with Gasteiger partial charge in [0.25, 0.3) is 11.4 Å². The van der Waals surface area contributed by atoms with Gasteiger partial charge in [0.15, 0.2) is 0 Å². The van der Waals surface area contributed by atoms with Gasteiger partial charge in [-0.3, -0.25) is 4.57 Å². The predicted molar refractivity (Wildman–Crippen MR) is 140 cm³/mol. The molecule has 1 unspecified atom stereocenters. The van der Waals surface area contributed by atoms with Gasteiger partial charge in [0.05, 0.1) is 17.5 Å². The number of hydrogen-bond donors (Lipinski definition) is 3. The predicted octanol–water partition coefficient (Wildman–Crippen LogP) is 6.41. The molecule has 3 aromatic carbocycles. The average Bonchev–Trinajstić information content (AvgIpc) is 3.27. The number of nitrogens with zero attached hydrogens (tertiary/aromatic N) is 3. The van der Waals surface area contributed by atoms with Gasteiger partial charge >= 0.3 is 0 Å². The smallest absolute Gasteiger partial charge is 0.260 e. The van der Waals surface area contributed by atoms with Crippen LogP contribution in [0.3, 0.4) is 0 Å². The first-order valence-electron chi connectivity index (χ1n) is 11.1. The zero-order valence-electron chi connectivity index (χ0n) is 19.7. The van der Waals surface area contributed by atoms with Crippen molar-refractivity contribution in [1.82, 2.24) is 9.55 Å². The number of hydrogen-bond acceptors (Lipinski definition) is 5. The first kappa shape index (κ1) is 24.4. The molecule has 0 aliphatic carbocycles. The molecule has 8 heteroatoms. The largest absolute Gasteiger partial charge is 0.325 e. The van der Waals surface area contributed by atoms with Gasteiger partial charge in [-0.2, -0.15) is 0 Å². The molecule has 35 heavy (non-hydrogen) atoms. The zero-order valence-corrected chi connectivity index (χ0v) is 20.6. The van der Waals surface area contributed by atoms with Crippen molar-refractivity contribution in [2.24, 2.45) is 5.84 Å². The molecule has 0 saturated heterocycles. The highest BCUT2D eigenvalue weighted by Crippen LogP contribution is 2.32. The quantitative estimate of drug-likeness (QED) is 0.0922. The van der Waals surface area contributed by atoms with E-state index in [1.807, 2.05) is 80.6 Å². The van der Waals surface area contributed by atoms with Crippen LogP contribution >= 0.6 is 12.0 Å². The minimum absolute atomic E-state index is 0.337. The van der Waals surface area contributed by atoms with E-state index in [2.05, 4.69) is 4.98 Å². The van der Waals surface area contributed by atoms with Crippen molar-refractivity contribution in [3.8, 4) is 16.8 Å². The molecule has 0 aliphatic heterocycles. The van der Waals surface area contributed by atoms with Crippen molar-refractivity contribution in [3.05, 3.63) is 95.6 Å². The number of nitrogens with two attached hydrogens (primary N) is 1. The SMILES string of the molecule is Cc1ccc(C(C=N)=[N+](N)c2cc(-c3cccc(SO)c3)ccc2-n2cc(C(C)F)nc2C)cc1. The number of aryl methyl sites for hydroxylation is 2. The lowest BCUT2D eigenvalue weighted by atomic mass is 10.0. The van der Waals surface area contributed by atoms with Crippen LogP contribution in [0, 0.1) is 19.3 Å². The summed E-state index contributed by atoms with van der Waals surface area (Å²) >= 11 is 0.686.